The van der Waals surface area contributed by atoms with Crippen LogP contribution < -0.4 is 5.32 Å². The zero-order chi connectivity index (χ0) is 9.10. The van der Waals surface area contributed by atoms with Gasteiger partial charge in [0.2, 0.25) is 0 Å². The van der Waals surface area contributed by atoms with Crippen LogP contribution in [0.5, 0.6) is 0 Å². The van der Waals surface area contributed by atoms with E-state index in [4.69, 9.17) is 0 Å². The van der Waals surface area contributed by atoms with E-state index in [1.807, 2.05) is 6.20 Å². The highest BCUT2D eigenvalue weighted by Gasteiger charge is 2.16. The molecule has 1 aliphatic heterocycles. The van der Waals surface area contributed by atoms with Crippen molar-refractivity contribution in [2.24, 2.45) is 0 Å². The summed E-state index contributed by atoms with van der Waals surface area (Å²) in [7, 11) is 2.16. The van der Waals surface area contributed by atoms with Crippen LogP contribution in [0.2, 0.25) is 0 Å². The number of hydrogen-bond acceptors (Lipinski definition) is 3. The van der Waals surface area contributed by atoms with Crippen LogP contribution in [0.3, 0.4) is 0 Å². The Hall–Kier alpha value is -1.03. The molecule has 0 aliphatic carbocycles. The Bertz CT molecular complexity index is 244. The first-order chi connectivity index (χ1) is 6.34. The summed E-state index contributed by atoms with van der Waals surface area (Å²) in [5, 5.41) is 3.38. The maximum absolute atomic E-state index is 4.15. The number of aromatic nitrogens is 2. The molecule has 4 nitrogen and oxygen atoms in total. The molecule has 0 spiro atoms. The molecule has 2 N–H and O–H groups in total. The van der Waals surface area contributed by atoms with Crippen LogP contribution in [-0.2, 0) is 0 Å². The van der Waals surface area contributed by atoms with E-state index in [1.54, 1.807) is 6.20 Å². The van der Waals surface area contributed by atoms with E-state index in [-0.39, 0.29) is 0 Å². The normalized spacial score (nSPS) is 24.5. The summed E-state index contributed by atoms with van der Waals surface area (Å²) in [6.07, 6.45) is 6.13. The molecular weight excluding hydrogens is 164 g/mol. The average molecular weight is 180 g/mol. The third-order valence-electron chi connectivity index (χ3n) is 2.46. The smallest absolute Gasteiger partial charge is 0.200 e. The van der Waals surface area contributed by atoms with Crippen molar-refractivity contribution in [2.45, 2.75) is 18.9 Å². The van der Waals surface area contributed by atoms with Gasteiger partial charge in [0.1, 0.15) is 0 Å². The van der Waals surface area contributed by atoms with Crippen LogP contribution in [0.4, 0.5) is 5.95 Å². The summed E-state index contributed by atoms with van der Waals surface area (Å²) in [5.41, 5.74) is 0. The minimum atomic E-state index is 0.546. The number of likely N-dealkylation sites (tertiary alicyclic amines) is 1. The first kappa shape index (κ1) is 8.56. The number of nitrogens with one attached hydrogen (secondary N) is 2. The Kier molecular flexibility index (Phi) is 2.49. The molecule has 1 unspecified atom stereocenters. The fraction of sp³-hybridized carbons (Fsp3) is 0.667. The van der Waals surface area contributed by atoms with E-state index in [1.165, 1.54) is 19.4 Å². The van der Waals surface area contributed by atoms with Gasteiger partial charge in [-0.25, -0.2) is 4.98 Å². The molecule has 72 valence electrons. The number of rotatable bonds is 2. The molecule has 0 radical (unpaired) electrons. The van der Waals surface area contributed by atoms with Crippen molar-refractivity contribution in [3.05, 3.63) is 12.4 Å². The Morgan fingerprint density at radius 2 is 2.62 bits per heavy atom. The van der Waals surface area contributed by atoms with Crippen molar-refractivity contribution in [2.75, 3.05) is 25.5 Å². The average Bonchev–Trinajstić information content (AvgIpc) is 2.57. The number of anilines is 1. The zero-order valence-electron chi connectivity index (χ0n) is 7.95. The molecule has 1 atom stereocenters. The van der Waals surface area contributed by atoms with Crippen LogP contribution >= 0.6 is 0 Å². The molecule has 4 heteroatoms. The van der Waals surface area contributed by atoms with Crippen LogP contribution in [0, 0.1) is 0 Å². The summed E-state index contributed by atoms with van der Waals surface area (Å²) in [4.78, 5) is 9.56. The molecule has 0 amide bonds. The number of likely N-dealkylation sites (N-methyl/N-ethyl adjacent to an activating group) is 1. The van der Waals surface area contributed by atoms with Gasteiger partial charge < -0.3 is 15.2 Å². The second kappa shape index (κ2) is 3.79. The van der Waals surface area contributed by atoms with Crippen molar-refractivity contribution < 1.29 is 0 Å². The van der Waals surface area contributed by atoms with Crippen molar-refractivity contribution in [1.82, 2.24) is 14.9 Å². The van der Waals surface area contributed by atoms with Crippen molar-refractivity contribution >= 4 is 5.95 Å². The largest absolute Gasteiger partial charge is 0.352 e. The van der Waals surface area contributed by atoms with Gasteiger partial charge in [-0.1, -0.05) is 0 Å². The maximum atomic E-state index is 4.15. The Labute approximate surface area is 78.4 Å². The summed E-state index contributed by atoms with van der Waals surface area (Å²) in [6.45, 7) is 2.33. The lowest BCUT2D eigenvalue weighted by Crippen LogP contribution is -2.39. The third kappa shape index (κ3) is 2.21. The standard InChI is InChI=1S/C9H16N4/c1-13-6-2-3-8(7-13)12-9-10-4-5-11-9/h4-5,8H,2-3,6-7H2,1H3,(H2,10,11,12). The lowest BCUT2D eigenvalue weighted by Gasteiger charge is -2.29. The molecule has 0 bridgehead atoms. The van der Waals surface area contributed by atoms with E-state index in [0.717, 1.165) is 12.5 Å². The van der Waals surface area contributed by atoms with Gasteiger partial charge in [-0.2, -0.15) is 0 Å². The van der Waals surface area contributed by atoms with Gasteiger partial charge in [0.25, 0.3) is 0 Å². The first-order valence-electron chi connectivity index (χ1n) is 4.79. The SMILES string of the molecule is CN1CCCC(Nc2ncc[nH]2)C1. The molecule has 1 fully saturated rings. The van der Waals surface area contributed by atoms with Gasteiger partial charge in [-0.05, 0) is 26.4 Å². The number of hydrogen-bond donors (Lipinski definition) is 2. The fourth-order valence-electron chi connectivity index (χ4n) is 1.82. The highest BCUT2D eigenvalue weighted by molar-refractivity contribution is 5.25. The molecule has 2 rings (SSSR count). The predicted molar refractivity (Wildman–Crippen MR) is 52.7 cm³/mol. The van der Waals surface area contributed by atoms with Gasteiger partial charge in [0, 0.05) is 25.0 Å². The second-order valence-electron chi connectivity index (χ2n) is 3.68. The zero-order valence-corrected chi connectivity index (χ0v) is 7.95. The number of piperidine rings is 1. The summed E-state index contributed by atoms with van der Waals surface area (Å²) < 4.78 is 0. The van der Waals surface area contributed by atoms with Crippen molar-refractivity contribution in [3.63, 3.8) is 0 Å². The van der Waals surface area contributed by atoms with Crippen molar-refractivity contribution in [1.29, 1.82) is 0 Å². The van der Waals surface area contributed by atoms with E-state index in [2.05, 4.69) is 27.2 Å². The monoisotopic (exact) mass is 180 g/mol. The van der Waals surface area contributed by atoms with Gasteiger partial charge in [-0.3, -0.25) is 0 Å². The number of aromatic amines is 1. The lowest BCUT2D eigenvalue weighted by atomic mass is 10.1. The Morgan fingerprint density at radius 1 is 1.69 bits per heavy atom. The van der Waals surface area contributed by atoms with Gasteiger partial charge in [0.05, 0.1) is 0 Å². The van der Waals surface area contributed by atoms with Gasteiger partial charge in [0.15, 0.2) is 5.95 Å². The highest BCUT2D eigenvalue weighted by Crippen LogP contribution is 2.11. The van der Waals surface area contributed by atoms with E-state index < -0.39 is 0 Å². The van der Waals surface area contributed by atoms with Crippen molar-refractivity contribution in [3.8, 4) is 0 Å². The molecule has 13 heavy (non-hydrogen) atoms. The lowest BCUT2D eigenvalue weighted by molar-refractivity contribution is 0.260. The van der Waals surface area contributed by atoms with Gasteiger partial charge >= 0.3 is 0 Å². The Morgan fingerprint density at radius 3 is 3.31 bits per heavy atom. The molecule has 0 aromatic carbocycles. The minimum absolute atomic E-state index is 0.546. The van der Waals surface area contributed by atoms with E-state index >= 15 is 0 Å². The number of imidazole rings is 1. The molecule has 1 aromatic heterocycles. The maximum Gasteiger partial charge on any atom is 0.200 e. The van der Waals surface area contributed by atoms with Crippen LogP contribution in [0.25, 0.3) is 0 Å². The molecule has 1 aliphatic rings. The quantitative estimate of drug-likeness (QED) is 0.711. The molecule has 1 aromatic rings. The topological polar surface area (TPSA) is 44.0 Å². The summed E-state index contributed by atoms with van der Waals surface area (Å²) in [5.74, 6) is 0.889. The summed E-state index contributed by atoms with van der Waals surface area (Å²) >= 11 is 0. The number of H-pyrrole nitrogens is 1. The third-order valence-corrected chi connectivity index (χ3v) is 2.46. The fourth-order valence-corrected chi connectivity index (χ4v) is 1.82. The van der Waals surface area contributed by atoms with Crippen LogP contribution in [0.1, 0.15) is 12.8 Å². The molecular formula is C9H16N4. The first-order valence-corrected chi connectivity index (χ1v) is 4.79. The van der Waals surface area contributed by atoms with E-state index in [0.29, 0.717) is 6.04 Å². The van der Waals surface area contributed by atoms with E-state index in [9.17, 15) is 0 Å². The van der Waals surface area contributed by atoms with Crippen LogP contribution in [0.15, 0.2) is 12.4 Å². The summed E-state index contributed by atoms with van der Waals surface area (Å²) in [6, 6.07) is 0.546. The molecule has 1 saturated heterocycles. The van der Waals surface area contributed by atoms with Crippen LogP contribution in [-0.4, -0.2) is 41.0 Å². The Balaban J connectivity index is 1.87. The number of nitrogens with zero attached hydrogens (tertiary/aromatic N) is 2. The highest BCUT2D eigenvalue weighted by atomic mass is 15.2. The molecule has 2 heterocycles. The van der Waals surface area contributed by atoms with Gasteiger partial charge in [-0.15, -0.1) is 0 Å². The molecule has 0 saturated carbocycles. The minimum Gasteiger partial charge on any atom is -0.352 e. The predicted octanol–water partition coefficient (Wildman–Crippen LogP) is 0.916. The second-order valence-corrected chi connectivity index (χ2v) is 3.68.